The summed E-state index contributed by atoms with van der Waals surface area (Å²) in [5.41, 5.74) is 2.40. The lowest BCUT2D eigenvalue weighted by atomic mass is 10.3. The quantitative estimate of drug-likeness (QED) is 0.777. The Labute approximate surface area is 110 Å². The van der Waals surface area contributed by atoms with E-state index in [9.17, 15) is 0 Å². The summed E-state index contributed by atoms with van der Waals surface area (Å²) in [6, 6.07) is 7.63. The lowest BCUT2D eigenvalue weighted by molar-refractivity contribution is 0.417. The van der Waals surface area contributed by atoms with Crippen molar-refractivity contribution in [1.29, 1.82) is 0 Å². The Morgan fingerprint density at radius 2 is 2.11 bits per heavy atom. The third-order valence-corrected chi connectivity index (χ3v) is 2.78. The van der Waals surface area contributed by atoms with Gasteiger partial charge >= 0.3 is 0 Å². The van der Waals surface area contributed by atoms with Gasteiger partial charge in [-0.25, -0.2) is 4.52 Å². The summed E-state index contributed by atoms with van der Waals surface area (Å²) >= 11 is 0. The van der Waals surface area contributed by atoms with Crippen LogP contribution in [0.2, 0.25) is 0 Å². The van der Waals surface area contributed by atoms with Crippen LogP contribution in [0, 0.1) is 6.92 Å². The van der Waals surface area contributed by atoms with Crippen LogP contribution in [-0.4, -0.2) is 26.7 Å². The van der Waals surface area contributed by atoms with Gasteiger partial charge in [0.15, 0.2) is 5.65 Å². The van der Waals surface area contributed by atoms with Gasteiger partial charge in [-0.3, -0.25) is 4.98 Å². The van der Waals surface area contributed by atoms with Gasteiger partial charge in [0.1, 0.15) is 5.75 Å². The molecule has 1 aromatic carbocycles. The van der Waals surface area contributed by atoms with Crippen molar-refractivity contribution >= 4 is 17.3 Å². The fourth-order valence-corrected chi connectivity index (χ4v) is 1.86. The molecule has 0 aliphatic rings. The third kappa shape index (κ3) is 2.08. The molecule has 0 spiro atoms. The molecular weight excluding hydrogens is 242 g/mol. The summed E-state index contributed by atoms with van der Waals surface area (Å²) in [4.78, 5) is 8.59. The van der Waals surface area contributed by atoms with Gasteiger partial charge in [0.2, 0.25) is 5.95 Å². The lowest BCUT2D eigenvalue weighted by Crippen LogP contribution is -1.96. The first-order chi connectivity index (χ1) is 9.28. The number of aryl methyl sites for hydroxylation is 1. The molecule has 0 amide bonds. The van der Waals surface area contributed by atoms with Crippen LogP contribution < -0.4 is 10.1 Å². The van der Waals surface area contributed by atoms with Crippen molar-refractivity contribution in [2.75, 3.05) is 12.4 Å². The van der Waals surface area contributed by atoms with Gasteiger partial charge in [-0.1, -0.05) is 12.1 Å². The third-order valence-electron chi connectivity index (χ3n) is 2.78. The van der Waals surface area contributed by atoms with Crippen molar-refractivity contribution in [2.45, 2.75) is 6.92 Å². The zero-order chi connectivity index (χ0) is 13.2. The minimum Gasteiger partial charge on any atom is -0.495 e. The second-order valence-electron chi connectivity index (χ2n) is 4.04. The number of methoxy groups -OCH3 is 1. The van der Waals surface area contributed by atoms with Crippen molar-refractivity contribution in [3.8, 4) is 5.75 Å². The molecule has 19 heavy (non-hydrogen) atoms. The second-order valence-corrected chi connectivity index (χ2v) is 4.04. The largest absolute Gasteiger partial charge is 0.495 e. The highest BCUT2D eigenvalue weighted by Crippen LogP contribution is 2.25. The Morgan fingerprint density at radius 3 is 2.89 bits per heavy atom. The van der Waals surface area contributed by atoms with E-state index in [0.29, 0.717) is 5.95 Å². The summed E-state index contributed by atoms with van der Waals surface area (Å²) in [6.45, 7) is 1.90. The van der Waals surface area contributed by atoms with Gasteiger partial charge in [-0.2, -0.15) is 4.98 Å². The fraction of sp³-hybridized carbons (Fsp3) is 0.154. The molecule has 2 heterocycles. The SMILES string of the molecule is COc1ccccc1Nc1nc2c(C)nccn2n1. The molecule has 0 unspecified atom stereocenters. The summed E-state index contributed by atoms with van der Waals surface area (Å²) in [7, 11) is 1.63. The van der Waals surface area contributed by atoms with Crippen molar-refractivity contribution in [1.82, 2.24) is 19.6 Å². The molecule has 1 N–H and O–H groups in total. The second kappa shape index (κ2) is 4.56. The van der Waals surface area contributed by atoms with Crippen LogP contribution >= 0.6 is 0 Å². The van der Waals surface area contributed by atoms with E-state index >= 15 is 0 Å². The van der Waals surface area contributed by atoms with E-state index in [0.717, 1.165) is 22.8 Å². The number of nitrogens with one attached hydrogen (secondary N) is 1. The Bertz CT molecular complexity index is 722. The summed E-state index contributed by atoms with van der Waals surface area (Å²) < 4.78 is 6.97. The van der Waals surface area contributed by atoms with Crippen LogP contribution in [0.15, 0.2) is 36.7 Å². The van der Waals surface area contributed by atoms with E-state index < -0.39 is 0 Å². The predicted octanol–water partition coefficient (Wildman–Crippen LogP) is 2.18. The van der Waals surface area contributed by atoms with E-state index in [4.69, 9.17) is 4.74 Å². The average molecular weight is 255 g/mol. The lowest BCUT2D eigenvalue weighted by Gasteiger charge is -2.07. The van der Waals surface area contributed by atoms with Crippen molar-refractivity contribution in [3.05, 3.63) is 42.4 Å². The number of anilines is 2. The maximum atomic E-state index is 5.28. The van der Waals surface area contributed by atoms with Crippen LogP contribution in [0.4, 0.5) is 11.6 Å². The van der Waals surface area contributed by atoms with Gasteiger partial charge in [-0.15, -0.1) is 5.10 Å². The first kappa shape index (κ1) is 11.5. The van der Waals surface area contributed by atoms with E-state index in [1.54, 1.807) is 24.0 Å². The normalized spacial score (nSPS) is 10.6. The molecule has 6 heteroatoms. The number of benzene rings is 1. The van der Waals surface area contributed by atoms with Crippen LogP contribution in [0.1, 0.15) is 5.69 Å². The van der Waals surface area contributed by atoms with Crippen LogP contribution in [0.3, 0.4) is 0 Å². The molecule has 0 fully saturated rings. The van der Waals surface area contributed by atoms with E-state index in [1.165, 1.54) is 0 Å². The van der Waals surface area contributed by atoms with Crippen molar-refractivity contribution < 1.29 is 4.74 Å². The Kier molecular flexibility index (Phi) is 2.75. The van der Waals surface area contributed by atoms with Gasteiger partial charge < -0.3 is 10.1 Å². The molecule has 0 aliphatic heterocycles. The Balaban J connectivity index is 1.99. The van der Waals surface area contributed by atoms with Crippen molar-refractivity contribution in [3.63, 3.8) is 0 Å². The molecule has 0 aliphatic carbocycles. The summed E-state index contributed by atoms with van der Waals surface area (Å²) in [6.07, 6.45) is 3.46. The number of hydrogen-bond acceptors (Lipinski definition) is 5. The molecule has 6 nitrogen and oxygen atoms in total. The number of hydrogen-bond donors (Lipinski definition) is 1. The fourth-order valence-electron chi connectivity index (χ4n) is 1.86. The van der Waals surface area contributed by atoms with Crippen LogP contribution in [-0.2, 0) is 0 Å². The maximum Gasteiger partial charge on any atom is 0.247 e. The van der Waals surface area contributed by atoms with Gasteiger partial charge in [-0.05, 0) is 19.1 Å². The molecular formula is C13H13N5O. The molecule has 2 aromatic heterocycles. The minimum absolute atomic E-state index is 0.514. The smallest absolute Gasteiger partial charge is 0.247 e. The standard InChI is InChI=1S/C13H13N5O/c1-9-12-16-13(17-18(12)8-7-14-9)15-10-5-3-4-6-11(10)19-2/h3-8H,1-2H3,(H,15,17). The monoisotopic (exact) mass is 255 g/mol. The van der Waals surface area contributed by atoms with Crippen molar-refractivity contribution in [2.24, 2.45) is 0 Å². The first-order valence-electron chi connectivity index (χ1n) is 5.86. The van der Waals surface area contributed by atoms with Crippen LogP contribution in [0.5, 0.6) is 5.75 Å². The molecule has 0 saturated heterocycles. The average Bonchev–Trinajstić information content (AvgIpc) is 2.83. The summed E-state index contributed by atoms with van der Waals surface area (Å²) in [5, 5.41) is 7.49. The van der Waals surface area contributed by atoms with E-state index in [-0.39, 0.29) is 0 Å². The number of fused-ring (bicyclic) bond motifs is 1. The molecule has 0 atom stereocenters. The summed E-state index contributed by atoms with van der Waals surface area (Å²) in [5.74, 6) is 1.26. The molecule has 3 aromatic rings. The number of rotatable bonds is 3. The maximum absolute atomic E-state index is 5.28. The Morgan fingerprint density at radius 1 is 1.26 bits per heavy atom. The number of aromatic nitrogens is 4. The number of nitrogens with zero attached hydrogens (tertiary/aromatic N) is 4. The minimum atomic E-state index is 0.514. The molecule has 0 saturated carbocycles. The van der Waals surface area contributed by atoms with Crippen LogP contribution in [0.25, 0.3) is 5.65 Å². The highest BCUT2D eigenvalue weighted by Gasteiger charge is 2.08. The number of para-hydroxylation sites is 2. The molecule has 96 valence electrons. The van der Waals surface area contributed by atoms with Gasteiger partial charge in [0.25, 0.3) is 0 Å². The van der Waals surface area contributed by atoms with Gasteiger partial charge in [0.05, 0.1) is 18.5 Å². The highest BCUT2D eigenvalue weighted by atomic mass is 16.5. The van der Waals surface area contributed by atoms with Gasteiger partial charge in [0, 0.05) is 12.4 Å². The molecule has 3 rings (SSSR count). The zero-order valence-electron chi connectivity index (χ0n) is 10.7. The topological polar surface area (TPSA) is 64.3 Å². The molecule has 0 bridgehead atoms. The zero-order valence-corrected chi connectivity index (χ0v) is 10.7. The predicted molar refractivity (Wildman–Crippen MR) is 71.8 cm³/mol. The first-order valence-corrected chi connectivity index (χ1v) is 5.86. The highest BCUT2D eigenvalue weighted by molar-refractivity contribution is 5.63. The van der Waals surface area contributed by atoms with E-state index in [2.05, 4.69) is 20.4 Å². The van der Waals surface area contributed by atoms with E-state index in [1.807, 2.05) is 31.2 Å². The number of ether oxygens (including phenoxy) is 1. The molecule has 0 radical (unpaired) electrons. The Hall–Kier alpha value is -2.63.